The third-order valence-electron chi connectivity index (χ3n) is 4.36. The maximum absolute atomic E-state index is 12.5. The lowest BCUT2D eigenvalue weighted by molar-refractivity contribution is -0.126. The van der Waals surface area contributed by atoms with Crippen LogP contribution in [0.15, 0.2) is 61.2 Å². The molecule has 27 heavy (non-hydrogen) atoms. The highest BCUT2D eigenvalue weighted by Crippen LogP contribution is 2.23. The van der Waals surface area contributed by atoms with Gasteiger partial charge in [0.2, 0.25) is 5.91 Å². The Kier molecular flexibility index (Phi) is 5.94. The molecular weight excluding hydrogens is 383 g/mol. The van der Waals surface area contributed by atoms with E-state index >= 15 is 0 Å². The highest BCUT2D eigenvalue weighted by atomic mass is 35.5. The van der Waals surface area contributed by atoms with E-state index in [1.54, 1.807) is 47.2 Å². The first-order chi connectivity index (χ1) is 13.0. The van der Waals surface area contributed by atoms with E-state index in [1.165, 1.54) is 12.4 Å². The summed E-state index contributed by atoms with van der Waals surface area (Å²) in [6.07, 6.45) is 6.33. The van der Waals surface area contributed by atoms with Crippen molar-refractivity contribution in [2.45, 2.75) is 13.0 Å². The maximum Gasteiger partial charge on any atom is 0.246 e. The van der Waals surface area contributed by atoms with Crippen LogP contribution in [-0.4, -0.2) is 32.6 Å². The molecule has 0 spiro atoms. The quantitative estimate of drug-likeness (QED) is 0.577. The molecule has 1 aromatic heterocycles. The fraction of sp³-hybridized carbons (Fsp3) is 0.150. The van der Waals surface area contributed by atoms with Gasteiger partial charge in [-0.3, -0.25) is 4.79 Å². The van der Waals surface area contributed by atoms with Crippen molar-refractivity contribution in [2.24, 2.45) is 0 Å². The molecule has 7 heteroatoms. The molecular formula is C20H18Cl2N4O. The lowest BCUT2D eigenvalue weighted by Crippen LogP contribution is -2.27. The molecule has 0 saturated carbocycles. The van der Waals surface area contributed by atoms with Gasteiger partial charge in [-0.15, -0.1) is 0 Å². The molecule has 0 saturated heterocycles. The number of rotatable bonds is 5. The Morgan fingerprint density at radius 2 is 1.93 bits per heavy atom. The summed E-state index contributed by atoms with van der Waals surface area (Å²) < 4.78 is 1.68. The Bertz CT molecular complexity index is 953. The fourth-order valence-electron chi connectivity index (χ4n) is 2.58. The predicted molar refractivity (Wildman–Crippen MR) is 108 cm³/mol. The molecule has 1 amide bonds. The number of likely N-dealkylation sites (N-methyl/N-ethyl adjacent to an activating group) is 1. The van der Waals surface area contributed by atoms with Gasteiger partial charge in [-0.2, -0.15) is 5.10 Å². The average Bonchev–Trinajstić information content (AvgIpc) is 3.21. The van der Waals surface area contributed by atoms with Gasteiger partial charge in [-0.05, 0) is 48.4 Å². The molecule has 0 aliphatic carbocycles. The second-order valence-corrected chi connectivity index (χ2v) is 6.90. The van der Waals surface area contributed by atoms with Crippen molar-refractivity contribution in [3.63, 3.8) is 0 Å². The van der Waals surface area contributed by atoms with Crippen LogP contribution in [0.25, 0.3) is 11.8 Å². The molecule has 0 bridgehead atoms. The topological polar surface area (TPSA) is 51.0 Å². The summed E-state index contributed by atoms with van der Waals surface area (Å²) in [7, 11) is 1.77. The number of nitrogens with zero attached hydrogens (tertiary/aromatic N) is 4. The number of hydrogen-bond donors (Lipinski definition) is 0. The van der Waals surface area contributed by atoms with E-state index in [-0.39, 0.29) is 11.9 Å². The highest BCUT2D eigenvalue weighted by molar-refractivity contribution is 6.35. The maximum atomic E-state index is 12.5. The van der Waals surface area contributed by atoms with Gasteiger partial charge in [-0.25, -0.2) is 9.67 Å². The minimum Gasteiger partial charge on any atom is -0.335 e. The predicted octanol–water partition coefficient (Wildman–Crippen LogP) is 4.81. The average molecular weight is 401 g/mol. The Morgan fingerprint density at radius 3 is 2.56 bits per heavy atom. The summed E-state index contributed by atoms with van der Waals surface area (Å²) in [6, 6.07) is 12.9. The van der Waals surface area contributed by atoms with E-state index in [9.17, 15) is 4.79 Å². The van der Waals surface area contributed by atoms with Crippen LogP contribution in [0, 0.1) is 0 Å². The smallest absolute Gasteiger partial charge is 0.246 e. The van der Waals surface area contributed by atoms with Crippen molar-refractivity contribution in [1.29, 1.82) is 0 Å². The van der Waals surface area contributed by atoms with E-state index in [4.69, 9.17) is 23.2 Å². The van der Waals surface area contributed by atoms with Crippen LogP contribution in [0.3, 0.4) is 0 Å². The number of carbonyl (C=O) groups excluding carboxylic acids is 1. The molecule has 138 valence electrons. The van der Waals surface area contributed by atoms with Crippen molar-refractivity contribution in [3.8, 4) is 5.69 Å². The largest absolute Gasteiger partial charge is 0.335 e. The molecule has 1 heterocycles. The van der Waals surface area contributed by atoms with Crippen LogP contribution in [-0.2, 0) is 4.79 Å². The van der Waals surface area contributed by atoms with Gasteiger partial charge in [0, 0.05) is 23.2 Å². The Balaban J connectivity index is 1.69. The molecule has 0 unspecified atom stereocenters. The standard InChI is InChI=1S/C20H18Cl2N4O/c1-14(15-4-8-18(9-5-15)26-13-23-12-24-26)25(2)20(27)10-6-16-3-7-17(21)11-19(16)22/h3-14H,1-2H3/b10-6+/t14-/m0/s1. The summed E-state index contributed by atoms with van der Waals surface area (Å²) in [5.41, 5.74) is 2.68. The molecule has 0 aliphatic heterocycles. The first-order valence-corrected chi connectivity index (χ1v) is 9.06. The molecule has 0 N–H and O–H groups in total. The van der Waals surface area contributed by atoms with Crippen LogP contribution in [0.1, 0.15) is 24.1 Å². The molecule has 1 atom stereocenters. The zero-order valence-electron chi connectivity index (χ0n) is 14.9. The number of carbonyl (C=O) groups is 1. The van der Waals surface area contributed by atoms with Gasteiger partial charge in [0.05, 0.1) is 11.7 Å². The van der Waals surface area contributed by atoms with Crippen LogP contribution in [0.5, 0.6) is 0 Å². The zero-order chi connectivity index (χ0) is 19.4. The fourth-order valence-corrected chi connectivity index (χ4v) is 3.05. The van der Waals surface area contributed by atoms with E-state index in [0.29, 0.717) is 10.0 Å². The number of halogens is 2. The van der Waals surface area contributed by atoms with Gasteiger partial charge in [-0.1, -0.05) is 41.4 Å². The Labute approximate surface area is 167 Å². The SMILES string of the molecule is C[C@@H](c1ccc(-n2cncn2)cc1)N(C)C(=O)/C=C/c1ccc(Cl)cc1Cl. The molecule has 5 nitrogen and oxygen atoms in total. The van der Waals surface area contributed by atoms with Crippen molar-refractivity contribution >= 4 is 35.2 Å². The van der Waals surface area contributed by atoms with Gasteiger partial charge in [0.1, 0.15) is 12.7 Å². The van der Waals surface area contributed by atoms with Crippen LogP contribution in [0.4, 0.5) is 0 Å². The lowest BCUT2D eigenvalue weighted by Gasteiger charge is -2.24. The van der Waals surface area contributed by atoms with Crippen molar-refractivity contribution in [3.05, 3.63) is 82.4 Å². The lowest BCUT2D eigenvalue weighted by atomic mass is 10.1. The van der Waals surface area contributed by atoms with Gasteiger partial charge >= 0.3 is 0 Å². The van der Waals surface area contributed by atoms with Crippen molar-refractivity contribution in [2.75, 3.05) is 7.05 Å². The zero-order valence-corrected chi connectivity index (χ0v) is 16.4. The molecule has 0 fully saturated rings. The molecule has 0 aliphatic rings. The molecule has 2 aromatic carbocycles. The Hall–Kier alpha value is -2.63. The second kappa shape index (κ2) is 8.37. The van der Waals surface area contributed by atoms with E-state index < -0.39 is 0 Å². The summed E-state index contributed by atoms with van der Waals surface area (Å²) in [5.74, 6) is -0.117. The summed E-state index contributed by atoms with van der Waals surface area (Å²) in [6.45, 7) is 1.98. The molecule has 3 aromatic rings. The molecule has 3 rings (SSSR count). The third-order valence-corrected chi connectivity index (χ3v) is 4.92. The summed E-state index contributed by atoms with van der Waals surface area (Å²) >= 11 is 12.0. The van der Waals surface area contributed by atoms with Crippen LogP contribution < -0.4 is 0 Å². The first kappa shape index (κ1) is 19.1. The van der Waals surface area contributed by atoms with Crippen LogP contribution >= 0.6 is 23.2 Å². The van der Waals surface area contributed by atoms with Crippen molar-refractivity contribution < 1.29 is 4.79 Å². The Morgan fingerprint density at radius 1 is 1.19 bits per heavy atom. The minimum atomic E-state index is -0.117. The third kappa shape index (κ3) is 4.56. The number of hydrogen-bond acceptors (Lipinski definition) is 3. The number of amides is 1. The van der Waals surface area contributed by atoms with E-state index in [0.717, 1.165) is 16.8 Å². The number of aromatic nitrogens is 3. The summed E-state index contributed by atoms with van der Waals surface area (Å²) in [5, 5.41) is 5.17. The van der Waals surface area contributed by atoms with E-state index in [1.807, 2.05) is 31.2 Å². The second-order valence-electron chi connectivity index (χ2n) is 6.06. The van der Waals surface area contributed by atoms with Gasteiger partial charge in [0.15, 0.2) is 0 Å². The van der Waals surface area contributed by atoms with Gasteiger partial charge in [0.25, 0.3) is 0 Å². The normalized spacial score (nSPS) is 12.3. The van der Waals surface area contributed by atoms with Crippen molar-refractivity contribution in [1.82, 2.24) is 19.7 Å². The first-order valence-electron chi connectivity index (χ1n) is 8.30. The minimum absolute atomic E-state index is 0.0902. The molecule has 0 radical (unpaired) electrons. The van der Waals surface area contributed by atoms with Crippen LogP contribution in [0.2, 0.25) is 10.0 Å². The number of benzene rings is 2. The monoisotopic (exact) mass is 400 g/mol. The summed E-state index contributed by atoms with van der Waals surface area (Å²) in [4.78, 5) is 18.1. The van der Waals surface area contributed by atoms with Gasteiger partial charge < -0.3 is 4.90 Å². The van der Waals surface area contributed by atoms with E-state index in [2.05, 4.69) is 10.1 Å². The highest BCUT2D eigenvalue weighted by Gasteiger charge is 2.15.